The van der Waals surface area contributed by atoms with Crippen LogP contribution in [0.5, 0.6) is 0 Å². The van der Waals surface area contributed by atoms with Crippen molar-refractivity contribution >= 4 is 5.97 Å². The van der Waals surface area contributed by atoms with Crippen molar-refractivity contribution in [1.29, 1.82) is 0 Å². The number of hydrogen-bond acceptors (Lipinski definition) is 2. The van der Waals surface area contributed by atoms with E-state index in [2.05, 4.69) is 4.74 Å². The monoisotopic (exact) mass is 133 g/mol. The lowest BCUT2D eigenvalue weighted by molar-refractivity contribution is 0.0654. The molecule has 0 unspecified atom stereocenters. The van der Waals surface area contributed by atoms with Crippen LogP contribution in [0.3, 0.4) is 0 Å². The lowest BCUT2D eigenvalue weighted by Crippen LogP contribution is -1.98. The van der Waals surface area contributed by atoms with Crippen LogP contribution in [0.4, 0.5) is 0 Å². The quantitative estimate of drug-likeness (QED) is 0.541. The molecule has 3 radical (unpaired) electrons. The zero-order valence-corrected chi connectivity index (χ0v) is 5.20. The molecular formula is C8H5O2. The molecule has 0 aliphatic heterocycles. The average molecular weight is 133 g/mol. The predicted octanol–water partition coefficient (Wildman–Crippen LogP) is 1.39. The maximum absolute atomic E-state index is 10.6. The summed E-state index contributed by atoms with van der Waals surface area (Å²) in [5.41, 5.74) is 0.400. The molecule has 0 bridgehead atoms. The van der Waals surface area contributed by atoms with Gasteiger partial charge in [0.05, 0.1) is 5.56 Å². The fourth-order valence-corrected chi connectivity index (χ4v) is 0.633. The molecule has 10 heavy (non-hydrogen) atoms. The highest BCUT2D eigenvalue weighted by atomic mass is 16.5. The third-order valence-corrected chi connectivity index (χ3v) is 1.10. The zero-order chi connectivity index (χ0) is 7.40. The Bertz CT molecular complexity index is 216. The Morgan fingerprint density at radius 3 is 2.40 bits per heavy atom. The topological polar surface area (TPSA) is 26.3 Å². The summed E-state index contributed by atoms with van der Waals surface area (Å²) in [6.07, 6.45) is 0. The predicted molar refractivity (Wildman–Crippen MR) is 35.1 cm³/mol. The summed E-state index contributed by atoms with van der Waals surface area (Å²) >= 11 is 0. The molecule has 0 saturated carbocycles. The Hall–Kier alpha value is -1.31. The summed E-state index contributed by atoms with van der Waals surface area (Å²) in [5, 5.41) is 0. The number of rotatable bonds is 1. The zero-order valence-electron chi connectivity index (χ0n) is 5.20. The summed E-state index contributed by atoms with van der Waals surface area (Å²) in [7, 11) is 6.30. The van der Waals surface area contributed by atoms with Crippen LogP contribution in [0.15, 0.2) is 30.3 Å². The van der Waals surface area contributed by atoms with E-state index >= 15 is 0 Å². The van der Waals surface area contributed by atoms with E-state index in [1.165, 1.54) is 0 Å². The van der Waals surface area contributed by atoms with Gasteiger partial charge in [0.25, 0.3) is 7.11 Å². The Kier molecular flexibility index (Phi) is 2.05. The molecule has 0 amide bonds. The minimum absolute atomic E-state index is 0.400. The Morgan fingerprint density at radius 2 is 1.90 bits per heavy atom. The van der Waals surface area contributed by atoms with Crippen LogP contribution >= 0.6 is 0 Å². The number of carbonyl (C=O) groups is 1. The first-order chi connectivity index (χ1) is 4.84. The van der Waals surface area contributed by atoms with Crippen molar-refractivity contribution in [3.05, 3.63) is 43.0 Å². The second-order valence-electron chi connectivity index (χ2n) is 1.76. The third kappa shape index (κ3) is 1.35. The lowest BCUT2D eigenvalue weighted by atomic mass is 10.2. The van der Waals surface area contributed by atoms with E-state index in [-0.39, 0.29) is 0 Å². The first-order valence-corrected chi connectivity index (χ1v) is 2.77. The van der Waals surface area contributed by atoms with Gasteiger partial charge in [-0.25, -0.2) is 4.79 Å². The van der Waals surface area contributed by atoms with E-state index in [4.69, 9.17) is 7.11 Å². The van der Waals surface area contributed by atoms with E-state index in [0.29, 0.717) is 5.56 Å². The maximum atomic E-state index is 10.6. The van der Waals surface area contributed by atoms with Gasteiger partial charge in [-0.3, -0.25) is 0 Å². The molecule has 0 aromatic heterocycles. The van der Waals surface area contributed by atoms with Crippen molar-refractivity contribution < 1.29 is 9.53 Å². The smallest absolute Gasteiger partial charge is 0.339 e. The van der Waals surface area contributed by atoms with Crippen molar-refractivity contribution in [3.8, 4) is 0 Å². The van der Waals surface area contributed by atoms with Crippen molar-refractivity contribution in [1.82, 2.24) is 0 Å². The molecule has 0 N–H and O–H groups in total. The standard InChI is InChI=1S/C8H5O2/c1-10-8(9)7-5-3-2-4-6-7/h2-6H. The Balaban J connectivity index is 2.85. The highest BCUT2D eigenvalue weighted by Crippen LogP contribution is 1.99. The minimum Gasteiger partial charge on any atom is -0.441 e. The summed E-state index contributed by atoms with van der Waals surface area (Å²) < 4.78 is 3.75. The van der Waals surface area contributed by atoms with Crippen LogP contribution < -0.4 is 0 Å². The van der Waals surface area contributed by atoms with Gasteiger partial charge < -0.3 is 4.74 Å². The highest BCUT2D eigenvalue weighted by molar-refractivity contribution is 5.89. The molecule has 0 heterocycles. The van der Waals surface area contributed by atoms with Crippen molar-refractivity contribution in [2.75, 3.05) is 0 Å². The van der Waals surface area contributed by atoms with Gasteiger partial charge in [0.2, 0.25) is 0 Å². The molecule has 0 aliphatic carbocycles. The SMILES string of the molecule is [C]OC(=O)c1ccccc1. The number of hydrogen-bond donors (Lipinski definition) is 0. The van der Waals surface area contributed by atoms with Crippen LogP contribution in [0.2, 0.25) is 0 Å². The van der Waals surface area contributed by atoms with Gasteiger partial charge in [-0.1, -0.05) is 18.2 Å². The third-order valence-electron chi connectivity index (χ3n) is 1.10. The number of esters is 1. The summed E-state index contributed by atoms with van der Waals surface area (Å²) in [4.78, 5) is 10.6. The van der Waals surface area contributed by atoms with Gasteiger partial charge in [-0.2, -0.15) is 0 Å². The summed E-state index contributed by atoms with van der Waals surface area (Å²) in [6.45, 7) is 0. The second-order valence-corrected chi connectivity index (χ2v) is 1.76. The molecule has 2 nitrogen and oxygen atoms in total. The molecule has 1 aromatic rings. The first-order valence-electron chi connectivity index (χ1n) is 2.77. The summed E-state index contributed by atoms with van der Waals surface area (Å²) in [6, 6.07) is 8.41. The number of ether oxygens (including phenoxy) is 1. The van der Waals surface area contributed by atoms with Crippen LogP contribution in [-0.2, 0) is 4.74 Å². The molecule has 0 saturated heterocycles. The number of carbonyl (C=O) groups excluding carboxylic acids is 1. The van der Waals surface area contributed by atoms with Gasteiger partial charge in [0.15, 0.2) is 0 Å². The van der Waals surface area contributed by atoms with Crippen LogP contribution in [0.1, 0.15) is 10.4 Å². The fourth-order valence-electron chi connectivity index (χ4n) is 0.633. The van der Waals surface area contributed by atoms with Crippen LogP contribution in [-0.4, -0.2) is 5.97 Å². The van der Waals surface area contributed by atoms with Gasteiger partial charge in [0.1, 0.15) is 0 Å². The van der Waals surface area contributed by atoms with Crippen LogP contribution in [0.25, 0.3) is 0 Å². The molecule has 0 fully saturated rings. The fraction of sp³-hybridized carbons (Fsp3) is 0. The molecule has 0 aliphatic rings. The first kappa shape index (κ1) is 6.81. The Morgan fingerprint density at radius 1 is 1.30 bits per heavy atom. The van der Waals surface area contributed by atoms with Crippen molar-refractivity contribution in [3.63, 3.8) is 0 Å². The van der Waals surface area contributed by atoms with Crippen LogP contribution in [0, 0.1) is 7.11 Å². The van der Waals surface area contributed by atoms with E-state index in [1.54, 1.807) is 30.3 Å². The highest BCUT2D eigenvalue weighted by Gasteiger charge is 2.01. The van der Waals surface area contributed by atoms with Crippen molar-refractivity contribution in [2.45, 2.75) is 0 Å². The van der Waals surface area contributed by atoms with Gasteiger partial charge >= 0.3 is 5.97 Å². The summed E-state index contributed by atoms with van der Waals surface area (Å²) in [5.74, 6) is -0.624. The molecule has 49 valence electrons. The second kappa shape index (κ2) is 3.01. The molecule has 1 rings (SSSR count). The number of benzene rings is 1. The lowest BCUT2D eigenvalue weighted by Gasteiger charge is -1.94. The molecular weight excluding hydrogens is 128 g/mol. The molecule has 0 spiro atoms. The normalized spacial score (nSPS) is 8.90. The maximum Gasteiger partial charge on any atom is 0.339 e. The molecule has 1 aromatic carbocycles. The Labute approximate surface area is 59.4 Å². The minimum atomic E-state index is -0.624. The van der Waals surface area contributed by atoms with E-state index in [1.807, 2.05) is 0 Å². The largest absolute Gasteiger partial charge is 0.441 e. The molecule has 0 atom stereocenters. The van der Waals surface area contributed by atoms with Gasteiger partial charge in [0, 0.05) is 0 Å². The van der Waals surface area contributed by atoms with E-state index in [9.17, 15) is 4.79 Å². The molecule has 2 heteroatoms. The average Bonchev–Trinajstić information content (AvgIpc) is 2.05. The van der Waals surface area contributed by atoms with E-state index in [0.717, 1.165) is 0 Å². The van der Waals surface area contributed by atoms with Crippen molar-refractivity contribution in [2.24, 2.45) is 0 Å². The van der Waals surface area contributed by atoms with Gasteiger partial charge in [-0.05, 0) is 12.1 Å². The van der Waals surface area contributed by atoms with Gasteiger partial charge in [-0.15, -0.1) is 0 Å². The van der Waals surface area contributed by atoms with E-state index < -0.39 is 5.97 Å².